The largest absolute Gasteiger partial charge is 0.470 e. The van der Waals surface area contributed by atoms with Crippen molar-refractivity contribution in [2.75, 3.05) is 7.11 Å². The molecule has 0 aliphatic rings. The summed E-state index contributed by atoms with van der Waals surface area (Å²) in [7, 11) is 1.57. The molecule has 1 radical (unpaired) electrons. The molecule has 0 aliphatic carbocycles. The SMILES string of the molecule is COCc1cc(-c2nnc3c4ccccc4c(OCc4ccc([C-]=O)cn4)nn23)no1.[Y]. The fourth-order valence-electron chi connectivity index (χ4n) is 3.16. The second-order valence-electron chi connectivity index (χ2n) is 6.65. The van der Waals surface area contributed by atoms with E-state index in [4.69, 9.17) is 14.0 Å². The van der Waals surface area contributed by atoms with Crippen LogP contribution in [0.4, 0.5) is 0 Å². The Kier molecular flexibility index (Phi) is 6.64. The Bertz CT molecular complexity index is 1380. The number of benzene rings is 1. The number of pyridine rings is 1. The van der Waals surface area contributed by atoms with Crippen LogP contribution >= 0.6 is 0 Å². The normalized spacial score (nSPS) is 10.9. The van der Waals surface area contributed by atoms with Gasteiger partial charge in [0.25, 0.3) is 0 Å². The maximum atomic E-state index is 10.7. The third-order valence-electron chi connectivity index (χ3n) is 4.60. The molecular formula is C21H15N6O4Y-. The average molecular weight is 504 g/mol. The van der Waals surface area contributed by atoms with E-state index >= 15 is 0 Å². The number of carbonyl (C=O) groups excluding carboxylic acids is 1. The van der Waals surface area contributed by atoms with Crippen LogP contribution < -0.4 is 4.74 Å². The first-order valence-electron chi connectivity index (χ1n) is 9.32. The fourth-order valence-corrected chi connectivity index (χ4v) is 3.16. The fraction of sp³-hybridized carbons (Fsp3) is 0.143. The number of hydrogen-bond donors (Lipinski definition) is 0. The molecule has 0 spiro atoms. The van der Waals surface area contributed by atoms with E-state index in [1.807, 2.05) is 24.3 Å². The maximum absolute atomic E-state index is 10.7. The van der Waals surface area contributed by atoms with E-state index in [2.05, 4.69) is 25.4 Å². The zero-order valence-corrected chi connectivity index (χ0v) is 19.8. The summed E-state index contributed by atoms with van der Waals surface area (Å²) >= 11 is 0. The van der Waals surface area contributed by atoms with Crippen molar-refractivity contribution in [1.29, 1.82) is 0 Å². The van der Waals surface area contributed by atoms with Crippen LogP contribution in [0, 0.1) is 0 Å². The van der Waals surface area contributed by atoms with E-state index < -0.39 is 0 Å². The number of methoxy groups -OCH3 is 1. The molecule has 1 aromatic carbocycles. The number of fused-ring (bicyclic) bond motifs is 3. The van der Waals surface area contributed by atoms with Crippen molar-refractivity contribution in [3.63, 3.8) is 0 Å². The molecule has 5 rings (SSSR count). The number of ether oxygens (including phenoxy) is 2. The Morgan fingerprint density at radius 1 is 1.09 bits per heavy atom. The summed E-state index contributed by atoms with van der Waals surface area (Å²) in [5.41, 5.74) is 2.08. The van der Waals surface area contributed by atoms with Gasteiger partial charge in [-0.25, -0.2) is 0 Å². The molecule has 5 aromatic rings. The van der Waals surface area contributed by atoms with E-state index in [9.17, 15) is 4.79 Å². The van der Waals surface area contributed by atoms with Gasteiger partial charge in [-0.15, -0.1) is 20.9 Å². The Morgan fingerprint density at radius 3 is 2.69 bits per heavy atom. The second kappa shape index (κ2) is 9.60. The Hall–Kier alpha value is -3.08. The molecule has 0 saturated heterocycles. The van der Waals surface area contributed by atoms with Crippen molar-refractivity contribution in [2.24, 2.45) is 0 Å². The van der Waals surface area contributed by atoms with Crippen molar-refractivity contribution in [3.05, 3.63) is 65.7 Å². The van der Waals surface area contributed by atoms with E-state index in [1.165, 1.54) is 6.20 Å². The zero-order valence-electron chi connectivity index (χ0n) is 16.9. The van der Waals surface area contributed by atoms with Crippen molar-refractivity contribution in [1.82, 2.24) is 30.0 Å². The zero-order chi connectivity index (χ0) is 21.2. The van der Waals surface area contributed by atoms with Crippen LogP contribution in [-0.4, -0.2) is 43.3 Å². The molecule has 0 atom stereocenters. The molecule has 4 heterocycles. The number of rotatable bonds is 7. The van der Waals surface area contributed by atoms with Crippen molar-refractivity contribution in [2.45, 2.75) is 13.2 Å². The molecule has 0 aliphatic heterocycles. The first-order chi connectivity index (χ1) is 15.3. The van der Waals surface area contributed by atoms with Gasteiger partial charge in [0, 0.05) is 56.7 Å². The van der Waals surface area contributed by atoms with Gasteiger partial charge in [-0.05, 0) is 6.07 Å². The maximum Gasteiger partial charge on any atom is 0.240 e. The third-order valence-corrected chi connectivity index (χ3v) is 4.60. The van der Waals surface area contributed by atoms with Crippen LogP contribution in [-0.2, 0) is 55.5 Å². The first-order valence-corrected chi connectivity index (χ1v) is 9.32. The van der Waals surface area contributed by atoms with Gasteiger partial charge >= 0.3 is 0 Å². The molecule has 10 nitrogen and oxygen atoms in total. The summed E-state index contributed by atoms with van der Waals surface area (Å²) in [4.78, 5) is 14.9. The van der Waals surface area contributed by atoms with Crippen molar-refractivity contribution >= 4 is 22.7 Å². The molecule has 11 heteroatoms. The first kappa shape index (κ1) is 22.1. The minimum atomic E-state index is 0. The van der Waals surface area contributed by atoms with Crippen LogP contribution in [0.1, 0.15) is 17.0 Å². The van der Waals surface area contributed by atoms with E-state index in [0.717, 1.165) is 10.8 Å². The van der Waals surface area contributed by atoms with E-state index in [0.29, 0.717) is 46.7 Å². The second-order valence-corrected chi connectivity index (χ2v) is 6.65. The van der Waals surface area contributed by atoms with Gasteiger partial charge in [0.2, 0.25) is 11.7 Å². The minimum absolute atomic E-state index is 0. The van der Waals surface area contributed by atoms with E-state index in [1.54, 1.807) is 36.1 Å². The van der Waals surface area contributed by atoms with Gasteiger partial charge in [0.1, 0.15) is 13.2 Å². The average Bonchev–Trinajstić information content (AvgIpc) is 3.45. The predicted octanol–water partition coefficient (Wildman–Crippen LogP) is 2.51. The smallest absolute Gasteiger partial charge is 0.240 e. The molecule has 32 heavy (non-hydrogen) atoms. The predicted molar refractivity (Wildman–Crippen MR) is 108 cm³/mol. The van der Waals surface area contributed by atoms with Crippen LogP contribution in [0.15, 0.2) is 53.2 Å². The van der Waals surface area contributed by atoms with Gasteiger partial charge < -0.3 is 23.8 Å². The van der Waals surface area contributed by atoms with Gasteiger partial charge in [0.15, 0.2) is 17.1 Å². The van der Waals surface area contributed by atoms with Crippen LogP contribution in [0.5, 0.6) is 5.88 Å². The molecule has 0 saturated carbocycles. The van der Waals surface area contributed by atoms with Crippen LogP contribution in [0.2, 0.25) is 0 Å². The molecule has 0 bridgehead atoms. The van der Waals surface area contributed by atoms with Crippen molar-refractivity contribution in [3.8, 4) is 17.4 Å². The topological polar surface area (TPSA) is 118 Å². The Balaban J connectivity index is 0.00000245. The molecule has 0 unspecified atom stereocenters. The van der Waals surface area contributed by atoms with Crippen LogP contribution in [0.3, 0.4) is 0 Å². The molecule has 4 aromatic heterocycles. The minimum Gasteiger partial charge on any atom is -0.470 e. The molecule has 0 fully saturated rings. The summed E-state index contributed by atoms with van der Waals surface area (Å²) in [6.45, 7) is 0.461. The summed E-state index contributed by atoms with van der Waals surface area (Å²) in [6, 6.07) is 12.7. The number of aromatic nitrogens is 6. The Labute approximate surface area is 206 Å². The monoisotopic (exact) mass is 504 g/mol. The summed E-state index contributed by atoms with van der Waals surface area (Å²) in [5.74, 6) is 1.37. The van der Waals surface area contributed by atoms with Gasteiger partial charge in [-0.1, -0.05) is 35.6 Å². The standard InChI is InChI=1S/C21H15N6O4.Y/c1-29-12-15-8-18(26-31-15)20-24-23-19-16-4-2-3-5-17(16)21(25-27(19)20)30-11-14-7-6-13(10-28)9-22-14;/h2-9H,11-12H2,1H3;/q-1;. The van der Waals surface area contributed by atoms with E-state index in [-0.39, 0.29) is 39.3 Å². The molecule has 0 N–H and O–H groups in total. The van der Waals surface area contributed by atoms with Crippen LogP contribution in [0.25, 0.3) is 27.9 Å². The van der Waals surface area contributed by atoms with Gasteiger partial charge in [-0.3, -0.25) is 0 Å². The Morgan fingerprint density at radius 2 is 1.94 bits per heavy atom. The third kappa shape index (κ3) is 4.16. The summed E-state index contributed by atoms with van der Waals surface area (Å²) < 4.78 is 17.9. The summed E-state index contributed by atoms with van der Waals surface area (Å²) in [6.07, 6.45) is 3.24. The number of hydrogen-bond acceptors (Lipinski definition) is 9. The summed E-state index contributed by atoms with van der Waals surface area (Å²) in [5, 5.41) is 18.8. The molecule has 157 valence electrons. The quantitative estimate of drug-likeness (QED) is 0.308. The number of nitrogens with zero attached hydrogens (tertiary/aromatic N) is 6. The van der Waals surface area contributed by atoms with Crippen molar-refractivity contribution < 1.29 is 51.5 Å². The molecular weight excluding hydrogens is 489 g/mol. The molecule has 0 amide bonds. The van der Waals surface area contributed by atoms with Gasteiger partial charge in [0.05, 0.1) is 12.0 Å². The van der Waals surface area contributed by atoms with Gasteiger partial charge in [-0.2, -0.15) is 10.6 Å².